The molecular weight excluding hydrogens is 515 g/mol. The van der Waals surface area contributed by atoms with Crippen molar-refractivity contribution in [3.8, 4) is 0 Å². The lowest BCUT2D eigenvalue weighted by Gasteiger charge is -2.30. The number of hydrogen-bond acceptors (Lipinski definition) is 1. The van der Waals surface area contributed by atoms with Gasteiger partial charge in [-0.05, 0) is 47.0 Å². The minimum Gasteiger partial charge on any atom is -0.345 e. The maximum absolute atomic E-state index is 13.7. The minimum absolute atomic E-state index is 0.0300. The van der Waals surface area contributed by atoms with E-state index >= 15 is 0 Å². The van der Waals surface area contributed by atoms with Crippen LogP contribution in [0.2, 0.25) is 6.04 Å². The zero-order valence-corrected chi connectivity index (χ0v) is 25.8. The lowest BCUT2D eigenvalue weighted by Crippen LogP contribution is -2.57. The number of hydrogen-bond donors (Lipinski definition) is 1. The SMILES string of the molecule is CCCCCCCC[Si](C=CC(=O)NC(Cc1ccc(C)cc1)c1ccccc1)(c1ccccc1)c1ccccc1. The molecule has 212 valence electrons. The van der Waals surface area contributed by atoms with Gasteiger partial charge in [0.1, 0.15) is 8.07 Å². The Morgan fingerprint density at radius 1 is 0.707 bits per heavy atom. The van der Waals surface area contributed by atoms with Crippen molar-refractivity contribution in [2.45, 2.75) is 70.9 Å². The Morgan fingerprint density at radius 3 is 1.83 bits per heavy atom. The number of benzene rings is 4. The van der Waals surface area contributed by atoms with Crippen LogP contribution in [0.15, 0.2) is 127 Å². The van der Waals surface area contributed by atoms with Crippen molar-refractivity contribution in [3.63, 3.8) is 0 Å². The Hall–Kier alpha value is -3.69. The standard InChI is InChI=1S/C38H45NOSi/c1-3-4-5-6-7-17-29-41(35-20-13-9-14-21-35,36-22-15-10-16-23-36)30-28-38(40)39-37(34-18-11-8-12-19-34)31-33-26-24-32(2)25-27-33/h8-16,18-28,30,37H,3-7,17,29,31H2,1-2H3,(H,39,40). The number of carbonyl (C=O) groups excluding carboxylic acids is 1. The zero-order chi connectivity index (χ0) is 28.8. The molecule has 0 spiro atoms. The Balaban J connectivity index is 1.61. The summed E-state index contributed by atoms with van der Waals surface area (Å²) in [5.74, 6) is -0.0300. The molecule has 0 bridgehead atoms. The fraction of sp³-hybridized carbons (Fsp3) is 0.289. The summed E-state index contributed by atoms with van der Waals surface area (Å²) >= 11 is 0. The van der Waals surface area contributed by atoms with Crippen LogP contribution >= 0.6 is 0 Å². The van der Waals surface area contributed by atoms with Gasteiger partial charge in [-0.2, -0.15) is 0 Å². The summed E-state index contributed by atoms with van der Waals surface area (Å²) in [6.45, 7) is 4.37. The third-order valence-electron chi connectivity index (χ3n) is 8.10. The Labute approximate surface area is 248 Å². The number of nitrogens with one attached hydrogen (secondary N) is 1. The number of aryl methyl sites for hydroxylation is 1. The molecule has 4 aromatic carbocycles. The van der Waals surface area contributed by atoms with Gasteiger partial charge in [-0.15, -0.1) is 0 Å². The molecule has 0 fully saturated rings. The van der Waals surface area contributed by atoms with Crippen LogP contribution in [-0.4, -0.2) is 14.0 Å². The normalized spacial score (nSPS) is 12.3. The van der Waals surface area contributed by atoms with Crippen molar-refractivity contribution in [1.29, 1.82) is 0 Å². The topological polar surface area (TPSA) is 29.1 Å². The number of unbranched alkanes of at least 4 members (excludes halogenated alkanes) is 5. The Bertz CT molecular complexity index is 1290. The molecule has 4 aromatic rings. The number of amides is 1. The maximum atomic E-state index is 13.7. The maximum Gasteiger partial charge on any atom is 0.243 e. The van der Waals surface area contributed by atoms with E-state index < -0.39 is 8.07 Å². The predicted octanol–water partition coefficient (Wildman–Crippen LogP) is 8.11. The van der Waals surface area contributed by atoms with Gasteiger partial charge in [0.25, 0.3) is 0 Å². The highest BCUT2D eigenvalue weighted by Crippen LogP contribution is 2.21. The van der Waals surface area contributed by atoms with Gasteiger partial charge in [-0.25, -0.2) is 0 Å². The van der Waals surface area contributed by atoms with Crippen molar-refractivity contribution in [3.05, 3.63) is 144 Å². The first-order valence-electron chi connectivity index (χ1n) is 15.3. The Morgan fingerprint density at radius 2 is 1.24 bits per heavy atom. The highest BCUT2D eigenvalue weighted by molar-refractivity contribution is 7.06. The van der Waals surface area contributed by atoms with Gasteiger partial charge in [-0.3, -0.25) is 4.79 Å². The van der Waals surface area contributed by atoms with Crippen molar-refractivity contribution in [2.24, 2.45) is 0 Å². The third kappa shape index (κ3) is 8.90. The monoisotopic (exact) mass is 559 g/mol. The van der Waals surface area contributed by atoms with Crippen LogP contribution in [0.1, 0.15) is 68.2 Å². The van der Waals surface area contributed by atoms with Gasteiger partial charge in [-0.1, -0.05) is 172 Å². The van der Waals surface area contributed by atoms with Gasteiger partial charge < -0.3 is 5.32 Å². The molecule has 1 amide bonds. The van der Waals surface area contributed by atoms with E-state index in [1.54, 1.807) is 0 Å². The minimum atomic E-state index is -2.33. The molecule has 1 atom stereocenters. The van der Waals surface area contributed by atoms with Crippen LogP contribution in [0.4, 0.5) is 0 Å². The molecule has 0 saturated heterocycles. The summed E-state index contributed by atoms with van der Waals surface area (Å²) in [4.78, 5) is 13.7. The van der Waals surface area contributed by atoms with Gasteiger partial charge in [0.15, 0.2) is 0 Å². The van der Waals surface area contributed by atoms with Crippen LogP contribution in [-0.2, 0) is 11.2 Å². The van der Waals surface area contributed by atoms with Gasteiger partial charge >= 0.3 is 0 Å². The molecule has 0 heterocycles. The van der Waals surface area contributed by atoms with Crippen molar-refractivity contribution in [1.82, 2.24) is 5.32 Å². The molecular formula is C38H45NOSi. The van der Waals surface area contributed by atoms with Crippen LogP contribution < -0.4 is 15.7 Å². The quantitative estimate of drug-likeness (QED) is 0.0889. The van der Waals surface area contributed by atoms with Crippen LogP contribution in [0.25, 0.3) is 0 Å². The van der Waals surface area contributed by atoms with E-state index in [-0.39, 0.29) is 11.9 Å². The van der Waals surface area contributed by atoms with Crippen molar-refractivity contribution >= 4 is 24.4 Å². The van der Waals surface area contributed by atoms with Crippen molar-refractivity contribution < 1.29 is 4.79 Å². The second-order valence-electron chi connectivity index (χ2n) is 11.2. The van der Waals surface area contributed by atoms with Crippen molar-refractivity contribution in [2.75, 3.05) is 0 Å². The van der Waals surface area contributed by atoms with E-state index in [9.17, 15) is 4.79 Å². The first-order valence-corrected chi connectivity index (χ1v) is 17.6. The summed E-state index contributed by atoms with van der Waals surface area (Å²) in [6, 6.07) is 41.7. The van der Waals surface area contributed by atoms with E-state index in [0.29, 0.717) is 0 Å². The van der Waals surface area contributed by atoms with Gasteiger partial charge in [0.05, 0.1) is 6.04 Å². The zero-order valence-electron chi connectivity index (χ0n) is 24.8. The molecule has 0 saturated carbocycles. The molecule has 0 radical (unpaired) electrons. The number of carbonyl (C=O) groups is 1. The first-order chi connectivity index (χ1) is 20.1. The van der Waals surface area contributed by atoms with E-state index in [2.05, 4.69) is 122 Å². The average Bonchev–Trinajstić information content (AvgIpc) is 3.02. The summed E-state index contributed by atoms with van der Waals surface area (Å²) in [7, 11) is -2.33. The summed E-state index contributed by atoms with van der Waals surface area (Å²) in [6.07, 6.45) is 10.2. The van der Waals surface area contributed by atoms with Crippen LogP contribution in [0.5, 0.6) is 0 Å². The predicted molar refractivity (Wildman–Crippen MR) is 177 cm³/mol. The van der Waals surface area contributed by atoms with E-state index in [1.165, 1.54) is 60.0 Å². The smallest absolute Gasteiger partial charge is 0.243 e. The molecule has 3 heteroatoms. The van der Waals surface area contributed by atoms with E-state index in [4.69, 9.17) is 0 Å². The third-order valence-corrected chi connectivity index (χ3v) is 12.7. The molecule has 41 heavy (non-hydrogen) atoms. The fourth-order valence-electron chi connectivity index (χ4n) is 5.72. The molecule has 4 rings (SSSR count). The molecule has 1 N–H and O–H groups in total. The summed E-state index contributed by atoms with van der Waals surface area (Å²) < 4.78 is 0. The van der Waals surface area contributed by atoms with E-state index in [1.807, 2.05) is 24.3 Å². The molecule has 1 unspecified atom stereocenters. The highest BCUT2D eigenvalue weighted by atomic mass is 28.3. The average molecular weight is 560 g/mol. The Kier molecular flexibility index (Phi) is 11.8. The van der Waals surface area contributed by atoms with Gasteiger partial charge in [0, 0.05) is 0 Å². The molecule has 0 aliphatic rings. The van der Waals surface area contributed by atoms with Gasteiger partial charge in [0.2, 0.25) is 5.91 Å². The lowest BCUT2D eigenvalue weighted by atomic mass is 9.98. The lowest BCUT2D eigenvalue weighted by molar-refractivity contribution is -0.117. The number of rotatable bonds is 15. The summed E-state index contributed by atoms with van der Waals surface area (Å²) in [5, 5.41) is 6.09. The van der Waals surface area contributed by atoms with Crippen LogP contribution in [0.3, 0.4) is 0 Å². The highest BCUT2D eigenvalue weighted by Gasteiger charge is 2.34. The van der Waals surface area contributed by atoms with Crippen LogP contribution in [0, 0.1) is 6.92 Å². The molecule has 0 aliphatic carbocycles. The molecule has 0 aromatic heterocycles. The first kappa shape index (κ1) is 30.3. The molecule has 0 aliphatic heterocycles. The second-order valence-corrected chi connectivity index (χ2v) is 15.1. The summed E-state index contributed by atoms with van der Waals surface area (Å²) in [5.41, 5.74) is 5.88. The molecule has 2 nitrogen and oxygen atoms in total. The largest absolute Gasteiger partial charge is 0.345 e. The van der Waals surface area contributed by atoms with E-state index in [0.717, 1.165) is 18.0 Å². The fourth-order valence-corrected chi connectivity index (χ4v) is 10.0. The second kappa shape index (κ2) is 15.9.